The van der Waals surface area contributed by atoms with Crippen LogP contribution in [-0.4, -0.2) is 68.2 Å². The van der Waals surface area contributed by atoms with Gasteiger partial charge < -0.3 is 20.7 Å². The van der Waals surface area contributed by atoms with Crippen molar-refractivity contribution < 1.29 is 14.3 Å². The normalized spacial score (nSPS) is 27.3. The van der Waals surface area contributed by atoms with Crippen LogP contribution in [-0.2, 0) is 9.53 Å². The summed E-state index contributed by atoms with van der Waals surface area (Å²) < 4.78 is 5.86. The number of carbonyl (C=O) groups is 2. The Bertz CT molecular complexity index is 522. The summed E-state index contributed by atoms with van der Waals surface area (Å²) in [5.74, 6) is 0.532. The summed E-state index contributed by atoms with van der Waals surface area (Å²) in [4.78, 5) is 28.5. The van der Waals surface area contributed by atoms with Crippen LogP contribution < -0.4 is 16.0 Å². The quantitative estimate of drug-likeness (QED) is 0.232. The zero-order chi connectivity index (χ0) is 17.2. The van der Waals surface area contributed by atoms with Gasteiger partial charge >= 0.3 is 6.03 Å². The van der Waals surface area contributed by atoms with Gasteiger partial charge in [0.05, 0.1) is 12.6 Å². The number of hydrogen-bond acceptors (Lipinski definition) is 4. The number of nitrogens with zero attached hydrogens (tertiary/aromatic N) is 2. The van der Waals surface area contributed by atoms with Crippen molar-refractivity contribution in [3.8, 4) is 0 Å². The summed E-state index contributed by atoms with van der Waals surface area (Å²) >= 11 is 0. The van der Waals surface area contributed by atoms with Crippen molar-refractivity contribution in [2.75, 3.05) is 33.3 Å². The molecule has 8 nitrogen and oxygen atoms in total. The first-order chi connectivity index (χ1) is 11.6. The summed E-state index contributed by atoms with van der Waals surface area (Å²) in [6.45, 7) is 3.72. The molecular formula is C16H28IN5O3. The highest BCUT2D eigenvalue weighted by Gasteiger charge is 2.59. The average molecular weight is 465 g/mol. The zero-order valence-corrected chi connectivity index (χ0v) is 17.2. The fraction of sp³-hybridized carbons (Fsp3) is 0.812. The molecule has 3 rings (SSSR count). The summed E-state index contributed by atoms with van der Waals surface area (Å²) in [6, 6.07) is 0.0578. The van der Waals surface area contributed by atoms with Gasteiger partial charge in [-0.1, -0.05) is 6.42 Å². The minimum absolute atomic E-state index is 0. The number of hydrogen-bond donors (Lipinski definition) is 3. The number of halogens is 1. The lowest BCUT2D eigenvalue weighted by Gasteiger charge is -2.61. The van der Waals surface area contributed by atoms with E-state index >= 15 is 0 Å². The molecule has 2 atom stereocenters. The van der Waals surface area contributed by atoms with Crippen LogP contribution in [0.5, 0.6) is 0 Å². The molecule has 2 aliphatic carbocycles. The second-order valence-corrected chi connectivity index (χ2v) is 6.67. The van der Waals surface area contributed by atoms with E-state index in [2.05, 4.69) is 20.9 Å². The molecule has 2 saturated carbocycles. The highest BCUT2D eigenvalue weighted by Crippen LogP contribution is 2.57. The Labute approximate surface area is 165 Å². The molecule has 142 valence electrons. The highest BCUT2D eigenvalue weighted by molar-refractivity contribution is 14.0. The number of amides is 3. The number of urea groups is 1. The number of nitrogens with one attached hydrogen (secondary N) is 3. The molecular weight excluding hydrogens is 437 g/mol. The van der Waals surface area contributed by atoms with Gasteiger partial charge in [-0.25, -0.2) is 4.79 Å². The summed E-state index contributed by atoms with van der Waals surface area (Å²) in [5, 5.41) is 9.20. The van der Waals surface area contributed by atoms with E-state index in [-0.39, 0.29) is 47.9 Å². The number of ether oxygens (including phenoxy) is 1. The third-order valence-electron chi connectivity index (χ3n) is 5.54. The zero-order valence-electron chi connectivity index (χ0n) is 14.8. The van der Waals surface area contributed by atoms with Gasteiger partial charge in [-0.15, -0.1) is 24.0 Å². The molecule has 25 heavy (non-hydrogen) atoms. The van der Waals surface area contributed by atoms with Crippen molar-refractivity contribution in [3.63, 3.8) is 0 Å². The molecule has 1 saturated heterocycles. The molecule has 1 spiro atoms. The van der Waals surface area contributed by atoms with Gasteiger partial charge in [-0.2, -0.15) is 0 Å². The van der Waals surface area contributed by atoms with Gasteiger partial charge in [0.15, 0.2) is 5.96 Å². The van der Waals surface area contributed by atoms with Crippen LogP contribution >= 0.6 is 24.0 Å². The van der Waals surface area contributed by atoms with Crippen molar-refractivity contribution >= 4 is 41.9 Å². The van der Waals surface area contributed by atoms with Gasteiger partial charge in [0.1, 0.15) is 0 Å². The van der Waals surface area contributed by atoms with Crippen LogP contribution in [0.4, 0.5) is 4.79 Å². The Morgan fingerprint density at radius 3 is 2.72 bits per heavy atom. The van der Waals surface area contributed by atoms with Gasteiger partial charge in [-0.3, -0.25) is 14.7 Å². The van der Waals surface area contributed by atoms with Crippen LogP contribution in [0.3, 0.4) is 0 Å². The van der Waals surface area contributed by atoms with E-state index in [1.165, 1.54) is 24.2 Å². The smallest absolute Gasteiger partial charge is 0.324 e. The number of imide groups is 1. The molecule has 1 heterocycles. The number of aliphatic imine (C=N–C) groups is 1. The summed E-state index contributed by atoms with van der Waals surface area (Å²) in [7, 11) is 1.73. The van der Waals surface area contributed by atoms with E-state index in [0.29, 0.717) is 31.2 Å². The Balaban J connectivity index is 0.00000225. The molecule has 9 heteroatoms. The van der Waals surface area contributed by atoms with Crippen molar-refractivity contribution in [3.05, 3.63) is 0 Å². The molecule has 3 fully saturated rings. The minimum atomic E-state index is -0.322. The fourth-order valence-electron chi connectivity index (χ4n) is 3.97. The first-order valence-electron chi connectivity index (χ1n) is 8.77. The first kappa shape index (κ1) is 20.2. The molecule has 3 amide bonds. The van der Waals surface area contributed by atoms with Gasteiger partial charge in [-0.05, 0) is 26.2 Å². The monoisotopic (exact) mass is 465 g/mol. The molecule has 0 aromatic rings. The summed E-state index contributed by atoms with van der Waals surface area (Å²) in [6.07, 6.45) is 5.03. The maximum Gasteiger partial charge on any atom is 0.324 e. The minimum Gasteiger partial charge on any atom is -0.378 e. The second kappa shape index (κ2) is 8.52. The van der Waals surface area contributed by atoms with Crippen LogP contribution in [0.25, 0.3) is 0 Å². The molecule has 0 aromatic heterocycles. The van der Waals surface area contributed by atoms with Gasteiger partial charge in [0.2, 0.25) is 5.91 Å². The maximum absolute atomic E-state index is 11.5. The molecule has 0 bridgehead atoms. The van der Waals surface area contributed by atoms with Crippen molar-refractivity contribution in [1.29, 1.82) is 0 Å². The van der Waals surface area contributed by atoms with Crippen molar-refractivity contribution in [2.24, 2.45) is 10.4 Å². The Kier molecular flexibility index (Phi) is 6.89. The highest BCUT2D eigenvalue weighted by atomic mass is 127. The molecule has 3 aliphatic rings. The standard InChI is InChI=1S/C16H27N5O3.HI/c1-3-24-12-9-11(16(12)5-4-6-16)20-14(17-2)18-7-8-21-13(22)10-19-15(21)23;/h11-12H,3-10H2,1-2H3,(H,19,23)(H2,17,18,20);1H. The largest absolute Gasteiger partial charge is 0.378 e. The lowest BCUT2D eigenvalue weighted by atomic mass is 9.51. The van der Waals surface area contributed by atoms with E-state index in [1.54, 1.807) is 7.05 Å². The maximum atomic E-state index is 11.5. The van der Waals surface area contributed by atoms with Crippen LogP contribution in [0, 0.1) is 5.41 Å². The lowest BCUT2D eigenvalue weighted by molar-refractivity contribution is -0.168. The molecule has 2 unspecified atom stereocenters. The molecule has 1 aliphatic heterocycles. The van der Waals surface area contributed by atoms with E-state index in [1.807, 2.05) is 6.92 Å². The second-order valence-electron chi connectivity index (χ2n) is 6.67. The Morgan fingerprint density at radius 2 is 2.20 bits per heavy atom. The molecule has 0 aromatic carbocycles. The third-order valence-corrected chi connectivity index (χ3v) is 5.54. The van der Waals surface area contributed by atoms with Crippen molar-refractivity contribution in [2.45, 2.75) is 44.8 Å². The topological polar surface area (TPSA) is 95.1 Å². The van der Waals surface area contributed by atoms with Gasteiger partial charge in [0, 0.05) is 38.2 Å². The average Bonchev–Trinajstić information content (AvgIpc) is 2.82. The van der Waals surface area contributed by atoms with E-state index < -0.39 is 0 Å². The predicted octanol–water partition coefficient (Wildman–Crippen LogP) is 0.669. The van der Waals surface area contributed by atoms with E-state index in [0.717, 1.165) is 13.0 Å². The summed E-state index contributed by atoms with van der Waals surface area (Å²) in [5.41, 5.74) is 0.262. The fourth-order valence-corrected chi connectivity index (χ4v) is 3.97. The molecule has 0 radical (unpaired) electrons. The lowest BCUT2D eigenvalue weighted by Crippen LogP contribution is -2.68. The van der Waals surface area contributed by atoms with E-state index in [9.17, 15) is 9.59 Å². The van der Waals surface area contributed by atoms with Crippen molar-refractivity contribution in [1.82, 2.24) is 20.9 Å². The van der Waals surface area contributed by atoms with Crippen LogP contribution in [0.15, 0.2) is 4.99 Å². The van der Waals surface area contributed by atoms with Crippen LogP contribution in [0.1, 0.15) is 32.6 Å². The third kappa shape index (κ3) is 3.86. The van der Waals surface area contributed by atoms with E-state index in [4.69, 9.17) is 4.74 Å². The Morgan fingerprint density at radius 1 is 1.44 bits per heavy atom. The number of guanidine groups is 1. The Hall–Kier alpha value is -1.10. The van der Waals surface area contributed by atoms with Crippen LogP contribution in [0.2, 0.25) is 0 Å². The number of rotatable bonds is 6. The number of carbonyl (C=O) groups excluding carboxylic acids is 2. The SMILES string of the molecule is CCOC1CC(NC(=NC)NCCN2C(=O)CNC2=O)C12CCC2.I. The predicted molar refractivity (Wildman–Crippen MR) is 105 cm³/mol. The first-order valence-corrected chi connectivity index (χ1v) is 8.77. The molecule has 3 N–H and O–H groups in total. The van der Waals surface area contributed by atoms with Gasteiger partial charge in [0.25, 0.3) is 0 Å².